The Balaban J connectivity index is 2.03. The van der Waals surface area contributed by atoms with E-state index < -0.39 is 23.6 Å². The molecule has 1 aliphatic heterocycles. The molecule has 0 radical (unpaired) electrons. The molecule has 2 amide bonds. The van der Waals surface area contributed by atoms with Crippen LogP contribution in [-0.4, -0.2) is 29.1 Å². The van der Waals surface area contributed by atoms with E-state index in [0.29, 0.717) is 5.56 Å². The highest BCUT2D eigenvalue weighted by Crippen LogP contribution is 2.33. The molecule has 0 unspecified atom stereocenters. The Kier molecular flexibility index (Phi) is 5.29. The smallest absolute Gasteiger partial charge is 0.416 e. The quantitative estimate of drug-likeness (QED) is 0.451. The Bertz CT molecular complexity index is 1050. The van der Waals surface area contributed by atoms with Gasteiger partial charge in [0.1, 0.15) is 5.57 Å². The summed E-state index contributed by atoms with van der Waals surface area (Å²) in [7, 11) is 1.33. The van der Waals surface area contributed by atoms with Crippen molar-refractivity contribution in [2.24, 2.45) is 0 Å². The molecule has 0 spiro atoms. The van der Waals surface area contributed by atoms with Crippen LogP contribution in [0.5, 0.6) is 11.5 Å². The monoisotopic (exact) mass is 422 g/mol. The van der Waals surface area contributed by atoms with E-state index >= 15 is 0 Å². The zero-order valence-electron chi connectivity index (χ0n) is 14.8. The molecule has 0 atom stereocenters. The van der Waals surface area contributed by atoms with Gasteiger partial charge in [-0.25, -0.2) is 0 Å². The molecular formula is C19H13F3N2O4S. The van der Waals surface area contributed by atoms with E-state index in [1.807, 2.05) is 0 Å². The standard InChI is InChI=1S/C19H13F3N2O4S/c1-28-15-8-10(5-6-14(15)25)7-13-16(26)23-18(29)24(17(13)27)12-4-2-3-11(9-12)19(20,21)22/h2-9,25H,1H3,(H,23,26,29)/b13-7+. The van der Waals surface area contributed by atoms with E-state index in [0.717, 1.165) is 23.1 Å². The maximum absolute atomic E-state index is 13.0. The molecule has 2 N–H and O–H groups in total. The average molecular weight is 422 g/mol. The van der Waals surface area contributed by atoms with Crippen molar-refractivity contribution in [3.05, 3.63) is 59.2 Å². The van der Waals surface area contributed by atoms with Crippen LogP contribution in [0.1, 0.15) is 11.1 Å². The summed E-state index contributed by atoms with van der Waals surface area (Å²) >= 11 is 4.99. The number of benzene rings is 2. The van der Waals surface area contributed by atoms with Crippen LogP contribution in [0.4, 0.5) is 18.9 Å². The number of anilines is 1. The van der Waals surface area contributed by atoms with Crippen molar-refractivity contribution in [2.75, 3.05) is 12.0 Å². The summed E-state index contributed by atoms with van der Waals surface area (Å²) in [6, 6.07) is 8.18. The van der Waals surface area contributed by atoms with E-state index in [1.165, 1.54) is 37.5 Å². The van der Waals surface area contributed by atoms with Gasteiger partial charge in [-0.1, -0.05) is 12.1 Å². The number of phenolic OH excluding ortho intramolecular Hbond substituents is 1. The fraction of sp³-hybridized carbons (Fsp3) is 0.105. The molecule has 0 saturated carbocycles. The van der Waals surface area contributed by atoms with Gasteiger partial charge in [-0.3, -0.25) is 19.8 Å². The second-order valence-corrected chi connectivity index (χ2v) is 6.32. The molecule has 0 bridgehead atoms. The summed E-state index contributed by atoms with van der Waals surface area (Å²) in [5.41, 5.74) is -1.08. The number of thiocarbonyl (C=S) groups is 1. The highest BCUT2D eigenvalue weighted by molar-refractivity contribution is 7.80. The van der Waals surface area contributed by atoms with Crippen LogP contribution in [0.25, 0.3) is 6.08 Å². The normalized spacial score (nSPS) is 16.2. The Labute approximate surface area is 168 Å². The summed E-state index contributed by atoms with van der Waals surface area (Å²) in [6.07, 6.45) is -3.39. The number of alkyl halides is 3. The van der Waals surface area contributed by atoms with Gasteiger partial charge in [0.05, 0.1) is 18.4 Å². The molecule has 150 valence electrons. The number of amides is 2. The third-order valence-corrected chi connectivity index (χ3v) is 4.33. The summed E-state index contributed by atoms with van der Waals surface area (Å²) in [5.74, 6) is -1.70. The molecule has 29 heavy (non-hydrogen) atoms. The zero-order valence-corrected chi connectivity index (χ0v) is 15.6. The molecule has 3 rings (SSSR count). The molecule has 1 heterocycles. The lowest BCUT2D eigenvalue weighted by molar-refractivity contribution is -0.137. The first-order chi connectivity index (χ1) is 13.6. The predicted molar refractivity (Wildman–Crippen MR) is 102 cm³/mol. The minimum absolute atomic E-state index is 0.119. The second kappa shape index (κ2) is 7.55. The number of aromatic hydroxyl groups is 1. The lowest BCUT2D eigenvalue weighted by Gasteiger charge is -2.29. The predicted octanol–water partition coefficient (Wildman–Crippen LogP) is 3.25. The van der Waals surface area contributed by atoms with Crippen LogP contribution in [0.2, 0.25) is 0 Å². The number of rotatable bonds is 3. The molecule has 1 aliphatic rings. The largest absolute Gasteiger partial charge is 0.504 e. The number of nitrogens with one attached hydrogen (secondary N) is 1. The molecule has 2 aromatic carbocycles. The lowest BCUT2D eigenvalue weighted by Crippen LogP contribution is -2.54. The first-order valence-electron chi connectivity index (χ1n) is 8.07. The van der Waals surface area contributed by atoms with Gasteiger partial charge in [0.15, 0.2) is 16.6 Å². The van der Waals surface area contributed by atoms with Gasteiger partial charge in [-0.15, -0.1) is 0 Å². The number of carbonyl (C=O) groups is 2. The molecule has 1 saturated heterocycles. The molecule has 1 fully saturated rings. The van der Waals surface area contributed by atoms with Crippen molar-refractivity contribution in [3.63, 3.8) is 0 Å². The van der Waals surface area contributed by atoms with Crippen LogP contribution >= 0.6 is 12.2 Å². The van der Waals surface area contributed by atoms with Crippen molar-refractivity contribution in [3.8, 4) is 11.5 Å². The van der Waals surface area contributed by atoms with Crippen molar-refractivity contribution < 1.29 is 32.6 Å². The third-order valence-electron chi connectivity index (χ3n) is 4.05. The van der Waals surface area contributed by atoms with Crippen LogP contribution in [0, 0.1) is 0 Å². The van der Waals surface area contributed by atoms with E-state index in [-0.39, 0.29) is 27.9 Å². The third kappa shape index (κ3) is 4.06. The van der Waals surface area contributed by atoms with Crippen LogP contribution in [0.3, 0.4) is 0 Å². The summed E-state index contributed by atoms with van der Waals surface area (Å²) in [5, 5.41) is 11.6. The van der Waals surface area contributed by atoms with Crippen LogP contribution < -0.4 is 15.0 Å². The molecular weight excluding hydrogens is 409 g/mol. The first kappa shape index (κ1) is 20.3. The topological polar surface area (TPSA) is 78.9 Å². The van der Waals surface area contributed by atoms with Crippen LogP contribution in [0.15, 0.2) is 48.0 Å². The number of hydrogen-bond acceptors (Lipinski definition) is 5. The first-order valence-corrected chi connectivity index (χ1v) is 8.48. The lowest BCUT2D eigenvalue weighted by atomic mass is 10.1. The molecule has 0 aromatic heterocycles. The number of phenols is 1. The number of methoxy groups -OCH3 is 1. The number of carbonyl (C=O) groups excluding carboxylic acids is 2. The summed E-state index contributed by atoms with van der Waals surface area (Å²) in [4.78, 5) is 26.0. The molecule has 0 aliphatic carbocycles. The number of nitrogens with zero attached hydrogens (tertiary/aromatic N) is 1. The zero-order chi connectivity index (χ0) is 21.3. The number of halogens is 3. The van der Waals surface area contributed by atoms with Crippen molar-refractivity contribution in [1.82, 2.24) is 5.32 Å². The maximum atomic E-state index is 13.0. The summed E-state index contributed by atoms with van der Waals surface area (Å²) in [6.45, 7) is 0. The van der Waals surface area contributed by atoms with Crippen molar-refractivity contribution in [2.45, 2.75) is 6.18 Å². The summed E-state index contributed by atoms with van der Waals surface area (Å²) < 4.78 is 44.0. The van der Waals surface area contributed by atoms with Gasteiger partial charge >= 0.3 is 6.18 Å². The fourth-order valence-electron chi connectivity index (χ4n) is 2.66. The van der Waals surface area contributed by atoms with Gasteiger partial charge in [0.25, 0.3) is 11.8 Å². The van der Waals surface area contributed by atoms with Gasteiger partial charge in [-0.05, 0) is 54.2 Å². The van der Waals surface area contributed by atoms with Gasteiger partial charge < -0.3 is 9.84 Å². The molecule has 2 aromatic rings. The van der Waals surface area contributed by atoms with Crippen molar-refractivity contribution >= 4 is 40.9 Å². The van der Waals surface area contributed by atoms with E-state index in [2.05, 4.69) is 5.32 Å². The van der Waals surface area contributed by atoms with Gasteiger partial charge in [0.2, 0.25) is 0 Å². The second-order valence-electron chi connectivity index (χ2n) is 5.94. The minimum Gasteiger partial charge on any atom is -0.504 e. The van der Waals surface area contributed by atoms with Gasteiger partial charge in [-0.2, -0.15) is 13.2 Å². The van der Waals surface area contributed by atoms with E-state index in [4.69, 9.17) is 17.0 Å². The SMILES string of the molecule is COc1cc(/C=C2\C(=O)NC(=S)N(c3cccc(C(F)(F)F)c3)C2=O)ccc1O. The maximum Gasteiger partial charge on any atom is 0.416 e. The number of ether oxygens (including phenoxy) is 1. The highest BCUT2D eigenvalue weighted by atomic mass is 32.1. The Hall–Kier alpha value is -3.40. The Morgan fingerprint density at radius 1 is 1.17 bits per heavy atom. The average Bonchev–Trinajstić information content (AvgIpc) is 2.65. The Morgan fingerprint density at radius 2 is 1.90 bits per heavy atom. The molecule has 6 nitrogen and oxygen atoms in total. The molecule has 10 heteroatoms. The Morgan fingerprint density at radius 3 is 2.55 bits per heavy atom. The van der Waals surface area contributed by atoms with E-state index in [9.17, 15) is 27.9 Å². The van der Waals surface area contributed by atoms with Gasteiger partial charge in [0, 0.05) is 0 Å². The highest BCUT2D eigenvalue weighted by Gasteiger charge is 2.36. The number of hydrogen-bond donors (Lipinski definition) is 2. The van der Waals surface area contributed by atoms with E-state index in [1.54, 1.807) is 0 Å². The minimum atomic E-state index is -4.61. The van der Waals surface area contributed by atoms with Crippen LogP contribution in [-0.2, 0) is 15.8 Å². The van der Waals surface area contributed by atoms with Crippen molar-refractivity contribution in [1.29, 1.82) is 0 Å². The fourth-order valence-corrected chi connectivity index (χ4v) is 2.94.